The minimum atomic E-state index is -0.571. The number of halogens is 3. The number of carbonyl (C=O) groups excluding carboxylic acids is 1. The van der Waals surface area contributed by atoms with E-state index in [4.69, 9.17) is 11.6 Å². The summed E-state index contributed by atoms with van der Waals surface area (Å²) >= 11 is 10.6. The van der Waals surface area contributed by atoms with Gasteiger partial charge in [0.2, 0.25) is 0 Å². The summed E-state index contributed by atoms with van der Waals surface area (Å²) in [5, 5.41) is 0.158. The molecule has 0 atom stereocenters. The van der Waals surface area contributed by atoms with Gasteiger partial charge in [-0.3, -0.25) is 4.79 Å². The van der Waals surface area contributed by atoms with Gasteiger partial charge in [-0.2, -0.15) is 0 Å². The molecule has 0 aliphatic rings. The van der Waals surface area contributed by atoms with Crippen molar-refractivity contribution in [2.24, 2.45) is 0 Å². The van der Waals surface area contributed by atoms with Gasteiger partial charge in [0.15, 0.2) is 5.78 Å². The number of benzene rings is 1. The Balaban J connectivity index is 2.26. The standard InChI is InChI=1S/C12H7BrClFOS/c13-11-5-4-7(17-11)6-10(16)12-8(14)2-1-3-9(12)15/h1-5H,6H2. The molecule has 2 aromatic rings. The lowest BCUT2D eigenvalue weighted by Crippen LogP contribution is -2.06. The fourth-order valence-corrected chi connectivity index (χ4v) is 3.21. The summed E-state index contributed by atoms with van der Waals surface area (Å²) in [6, 6.07) is 7.93. The largest absolute Gasteiger partial charge is 0.294 e. The average Bonchev–Trinajstić information content (AvgIpc) is 2.63. The van der Waals surface area contributed by atoms with Crippen LogP contribution in [0.3, 0.4) is 0 Å². The van der Waals surface area contributed by atoms with Crippen molar-refractivity contribution in [3.05, 3.63) is 55.4 Å². The van der Waals surface area contributed by atoms with E-state index in [0.29, 0.717) is 0 Å². The first-order valence-electron chi connectivity index (χ1n) is 4.79. The fraction of sp³-hybridized carbons (Fsp3) is 0.0833. The van der Waals surface area contributed by atoms with E-state index in [1.165, 1.54) is 29.5 Å². The second-order valence-electron chi connectivity index (χ2n) is 3.40. The van der Waals surface area contributed by atoms with Crippen LogP contribution in [0.5, 0.6) is 0 Å². The van der Waals surface area contributed by atoms with Gasteiger partial charge in [-0.05, 0) is 40.2 Å². The van der Waals surface area contributed by atoms with Crippen molar-refractivity contribution in [2.75, 3.05) is 0 Å². The Bertz CT molecular complexity index is 547. The summed E-state index contributed by atoms with van der Waals surface area (Å²) in [7, 11) is 0. The van der Waals surface area contributed by atoms with Crippen molar-refractivity contribution in [2.45, 2.75) is 6.42 Å². The molecular weight excluding hydrogens is 327 g/mol. The zero-order valence-corrected chi connectivity index (χ0v) is 11.7. The van der Waals surface area contributed by atoms with Gasteiger partial charge in [0.25, 0.3) is 0 Å². The van der Waals surface area contributed by atoms with E-state index in [9.17, 15) is 9.18 Å². The third-order valence-electron chi connectivity index (χ3n) is 2.21. The minimum absolute atomic E-state index is 0.0290. The molecule has 1 aromatic heterocycles. The topological polar surface area (TPSA) is 17.1 Å². The van der Waals surface area contributed by atoms with Crippen LogP contribution in [0.2, 0.25) is 5.02 Å². The number of ketones is 1. The summed E-state index contributed by atoms with van der Waals surface area (Å²) in [4.78, 5) is 12.8. The molecule has 0 N–H and O–H groups in total. The maximum Gasteiger partial charge on any atom is 0.172 e. The first kappa shape index (κ1) is 12.7. The van der Waals surface area contributed by atoms with Crippen molar-refractivity contribution in [3.8, 4) is 0 Å². The highest BCUT2D eigenvalue weighted by molar-refractivity contribution is 9.11. The molecule has 0 aliphatic carbocycles. The quantitative estimate of drug-likeness (QED) is 0.742. The fourth-order valence-electron chi connectivity index (χ4n) is 1.46. The number of hydrogen-bond donors (Lipinski definition) is 0. The first-order chi connectivity index (χ1) is 8.08. The molecule has 88 valence electrons. The van der Waals surface area contributed by atoms with Crippen molar-refractivity contribution in [1.82, 2.24) is 0 Å². The molecule has 2 rings (SSSR count). The van der Waals surface area contributed by atoms with Gasteiger partial charge in [0.05, 0.1) is 14.4 Å². The van der Waals surface area contributed by atoms with Gasteiger partial charge in [-0.25, -0.2) is 4.39 Å². The van der Waals surface area contributed by atoms with Crippen LogP contribution in [0, 0.1) is 5.82 Å². The van der Waals surface area contributed by atoms with Crippen molar-refractivity contribution in [1.29, 1.82) is 0 Å². The van der Waals surface area contributed by atoms with Crippen LogP contribution in [-0.4, -0.2) is 5.78 Å². The molecule has 0 aliphatic heterocycles. The lowest BCUT2D eigenvalue weighted by atomic mass is 10.1. The van der Waals surface area contributed by atoms with E-state index < -0.39 is 5.82 Å². The molecule has 0 amide bonds. The SMILES string of the molecule is O=C(Cc1ccc(Br)s1)c1c(F)cccc1Cl. The monoisotopic (exact) mass is 332 g/mol. The number of rotatable bonds is 3. The third kappa shape index (κ3) is 2.94. The Morgan fingerprint density at radius 3 is 2.71 bits per heavy atom. The van der Waals surface area contributed by atoms with Gasteiger partial charge < -0.3 is 0 Å². The molecule has 0 saturated carbocycles. The highest BCUT2D eigenvalue weighted by atomic mass is 79.9. The molecule has 0 unspecified atom stereocenters. The lowest BCUT2D eigenvalue weighted by molar-refractivity contribution is 0.0990. The maximum absolute atomic E-state index is 13.5. The summed E-state index contributed by atoms with van der Waals surface area (Å²) in [5.41, 5.74) is -0.0290. The van der Waals surface area contributed by atoms with Crippen LogP contribution in [0.4, 0.5) is 4.39 Å². The zero-order valence-electron chi connectivity index (χ0n) is 8.54. The number of thiophene rings is 1. The van der Waals surface area contributed by atoms with Crippen LogP contribution < -0.4 is 0 Å². The zero-order chi connectivity index (χ0) is 12.4. The van der Waals surface area contributed by atoms with E-state index >= 15 is 0 Å². The molecule has 5 heteroatoms. The second kappa shape index (κ2) is 5.29. The van der Waals surface area contributed by atoms with E-state index in [2.05, 4.69) is 15.9 Å². The van der Waals surface area contributed by atoms with Gasteiger partial charge in [0.1, 0.15) is 5.82 Å². The molecule has 1 heterocycles. The normalized spacial score (nSPS) is 10.5. The Morgan fingerprint density at radius 2 is 2.12 bits per heavy atom. The molecule has 0 bridgehead atoms. The predicted molar refractivity (Wildman–Crippen MR) is 71.5 cm³/mol. The summed E-state index contributed by atoms with van der Waals surface area (Å²) in [6.45, 7) is 0. The number of carbonyl (C=O) groups is 1. The van der Waals surface area contributed by atoms with E-state index in [0.717, 1.165) is 8.66 Å². The molecule has 0 fully saturated rings. The highest BCUT2D eigenvalue weighted by Gasteiger charge is 2.16. The molecule has 1 nitrogen and oxygen atoms in total. The van der Waals surface area contributed by atoms with Gasteiger partial charge in [0, 0.05) is 11.3 Å². The molecule has 0 saturated heterocycles. The summed E-state index contributed by atoms with van der Waals surface area (Å²) in [6.07, 6.45) is 0.164. The Labute approximate surface area is 115 Å². The van der Waals surface area contributed by atoms with E-state index in [1.54, 1.807) is 0 Å². The Kier molecular flexibility index (Phi) is 3.97. The Hall–Kier alpha value is -0.710. The third-order valence-corrected chi connectivity index (χ3v) is 4.14. The van der Waals surface area contributed by atoms with Crippen molar-refractivity contribution >= 4 is 44.7 Å². The van der Waals surface area contributed by atoms with Crippen LogP contribution in [-0.2, 0) is 6.42 Å². The van der Waals surface area contributed by atoms with Gasteiger partial charge >= 0.3 is 0 Å². The molecule has 1 aromatic carbocycles. The van der Waals surface area contributed by atoms with Gasteiger partial charge in [-0.15, -0.1) is 11.3 Å². The highest BCUT2D eigenvalue weighted by Crippen LogP contribution is 2.25. The molecule has 0 spiro atoms. The van der Waals surface area contributed by atoms with Crippen LogP contribution in [0.25, 0.3) is 0 Å². The first-order valence-corrected chi connectivity index (χ1v) is 6.78. The number of Topliss-reactive ketones (excluding diaryl/α,β-unsaturated/α-hetero) is 1. The van der Waals surface area contributed by atoms with E-state index in [-0.39, 0.29) is 22.8 Å². The predicted octanol–water partition coefficient (Wildman–Crippen LogP) is 4.73. The lowest BCUT2D eigenvalue weighted by Gasteiger charge is -2.03. The van der Waals surface area contributed by atoms with Crippen molar-refractivity contribution in [3.63, 3.8) is 0 Å². The number of hydrogen-bond acceptors (Lipinski definition) is 2. The summed E-state index contributed by atoms with van der Waals surface area (Å²) < 4.78 is 14.4. The minimum Gasteiger partial charge on any atom is -0.294 e. The molecule has 17 heavy (non-hydrogen) atoms. The van der Waals surface area contributed by atoms with Crippen molar-refractivity contribution < 1.29 is 9.18 Å². The molecule has 0 radical (unpaired) electrons. The van der Waals surface area contributed by atoms with Gasteiger partial charge in [-0.1, -0.05) is 17.7 Å². The van der Waals surface area contributed by atoms with Crippen LogP contribution >= 0.6 is 38.9 Å². The second-order valence-corrected chi connectivity index (χ2v) is 6.36. The van der Waals surface area contributed by atoms with Crippen LogP contribution in [0.1, 0.15) is 15.2 Å². The summed E-state index contributed by atoms with van der Waals surface area (Å²) in [5.74, 6) is -0.874. The van der Waals surface area contributed by atoms with E-state index in [1.807, 2.05) is 12.1 Å². The van der Waals surface area contributed by atoms with Crippen LogP contribution in [0.15, 0.2) is 34.1 Å². The average molecular weight is 334 g/mol. The Morgan fingerprint density at radius 1 is 1.35 bits per heavy atom. The molecular formula is C12H7BrClFOS. The smallest absolute Gasteiger partial charge is 0.172 e. The maximum atomic E-state index is 13.5.